The van der Waals surface area contributed by atoms with Crippen molar-refractivity contribution in [3.8, 4) is 5.75 Å². The maximum absolute atomic E-state index is 12.2. The number of quaternary nitrogens is 1. The minimum atomic E-state index is -0.501. The second-order valence-corrected chi connectivity index (χ2v) is 7.25. The van der Waals surface area contributed by atoms with E-state index in [1.807, 2.05) is 44.2 Å². The number of aryl methyl sites for hydroxylation is 2. The normalized spacial score (nSPS) is 14.6. The lowest BCUT2D eigenvalue weighted by molar-refractivity contribution is -0.892. The Morgan fingerprint density at radius 3 is 2.39 bits per heavy atom. The summed E-state index contributed by atoms with van der Waals surface area (Å²) in [5.41, 5.74) is 3.84. The second-order valence-electron chi connectivity index (χ2n) is 7.25. The van der Waals surface area contributed by atoms with Gasteiger partial charge in [0.1, 0.15) is 5.75 Å². The van der Waals surface area contributed by atoms with Crippen molar-refractivity contribution in [2.24, 2.45) is 0 Å². The number of benzene rings is 2. The molecule has 0 bridgehead atoms. The van der Waals surface area contributed by atoms with Crippen LogP contribution in [0.1, 0.15) is 11.1 Å². The number of nitrogens with one attached hydrogen (secondary N) is 3. The molecule has 7 nitrogen and oxygen atoms in total. The lowest BCUT2D eigenvalue weighted by atomic mass is 10.1. The van der Waals surface area contributed by atoms with Crippen molar-refractivity contribution in [3.63, 3.8) is 0 Å². The molecule has 1 heterocycles. The van der Waals surface area contributed by atoms with Crippen LogP contribution in [0.4, 0.5) is 16.2 Å². The van der Waals surface area contributed by atoms with E-state index in [2.05, 4.69) is 15.5 Å². The number of hydrogen-bond donors (Lipinski definition) is 4. The number of carbonyl (C=O) groups is 2. The van der Waals surface area contributed by atoms with Gasteiger partial charge in [-0.3, -0.25) is 10.1 Å². The van der Waals surface area contributed by atoms with E-state index < -0.39 is 6.03 Å². The maximum atomic E-state index is 12.2. The molecule has 0 aromatic heterocycles. The third kappa shape index (κ3) is 5.23. The molecule has 1 saturated heterocycles. The van der Waals surface area contributed by atoms with Crippen LogP contribution in [0.25, 0.3) is 0 Å². The van der Waals surface area contributed by atoms with Gasteiger partial charge >= 0.3 is 6.03 Å². The van der Waals surface area contributed by atoms with E-state index >= 15 is 0 Å². The summed E-state index contributed by atoms with van der Waals surface area (Å²) in [7, 11) is 0. The zero-order chi connectivity index (χ0) is 20.1. The molecule has 1 fully saturated rings. The van der Waals surface area contributed by atoms with Gasteiger partial charge in [-0.05, 0) is 49.7 Å². The Morgan fingerprint density at radius 1 is 1.07 bits per heavy atom. The Morgan fingerprint density at radius 2 is 1.75 bits per heavy atom. The number of rotatable bonds is 4. The highest BCUT2D eigenvalue weighted by molar-refractivity contribution is 6.01. The summed E-state index contributed by atoms with van der Waals surface area (Å²) in [5, 5.41) is 14.5. The summed E-state index contributed by atoms with van der Waals surface area (Å²) in [4.78, 5) is 27.7. The minimum Gasteiger partial charge on any atom is -0.508 e. The first-order chi connectivity index (χ1) is 13.4. The molecule has 0 saturated carbocycles. The number of hydrogen-bond acceptors (Lipinski definition) is 4. The van der Waals surface area contributed by atoms with Crippen LogP contribution in [0.3, 0.4) is 0 Å². The van der Waals surface area contributed by atoms with Gasteiger partial charge in [-0.15, -0.1) is 0 Å². The van der Waals surface area contributed by atoms with Gasteiger partial charge in [0.25, 0.3) is 5.91 Å². The second kappa shape index (κ2) is 8.75. The van der Waals surface area contributed by atoms with Crippen molar-refractivity contribution >= 4 is 23.3 Å². The number of carbonyl (C=O) groups excluding carboxylic acids is 2. The van der Waals surface area contributed by atoms with Crippen LogP contribution < -0.4 is 20.4 Å². The number of phenolic OH excluding ortho intramolecular Hbond substituents is 1. The van der Waals surface area contributed by atoms with E-state index in [-0.39, 0.29) is 18.2 Å². The molecule has 1 aliphatic heterocycles. The summed E-state index contributed by atoms with van der Waals surface area (Å²) in [5.74, 6) is -0.0286. The molecule has 0 radical (unpaired) electrons. The average Bonchev–Trinajstić information content (AvgIpc) is 2.65. The maximum Gasteiger partial charge on any atom is 0.326 e. The molecule has 28 heavy (non-hydrogen) atoms. The first-order valence-electron chi connectivity index (χ1n) is 9.46. The van der Waals surface area contributed by atoms with Gasteiger partial charge in [-0.1, -0.05) is 17.7 Å². The summed E-state index contributed by atoms with van der Waals surface area (Å²) in [6.45, 7) is 7.45. The number of anilines is 2. The van der Waals surface area contributed by atoms with Gasteiger partial charge in [0, 0.05) is 11.4 Å². The van der Waals surface area contributed by atoms with Crippen molar-refractivity contribution in [2.75, 3.05) is 42.9 Å². The minimum absolute atomic E-state index is 0.254. The molecule has 0 unspecified atom stereocenters. The molecule has 3 amide bonds. The predicted molar refractivity (Wildman–Crippen MR) is 109 cm³/mol. The van der Waals surface area contributed by atoms with Crippen molar-refractivity contribution in [3.05, 3.63) is 53.6 Å². The van der Waals surface area contributed by atoms with Crippen LogP contribution in [-0.4, -0.2) is 49.8 Å². The molecule has 7 heteroatoms. The molecule has 0 atom stereocenters. The van der Waals surface area contributed by atoms with Crippen molar-refractivity contribution in [1.82, 2.24) is 5.32 Å². The Bertz CT molecular complexity index is 843. The van der Waals surface area contributed by atoms with Crippen molar-refractivity contribution in [1.29, 1.82) is 0 Å². The number of urea groups is 1. The lowest BCUT2D eigenvalue weighted by Crippen LogP contribution is -3.16. The first kappa shape index (κ1) is 19.7. The van der Waals surface area contributed by atoms with Gasteiger partial charge in [0.15, 0.2) is 6.54 Å². The molecule has 3 rings (SSSR count). The van der Waals surface area contributed by atoms with E-state index in [4.69, 9.17) is 0 Å². The largest absolute Gasteiger partial charge is 0.508 e. The van der Waals surface area contributed by atoms with Crippen LogP contribution >= 0.6 is 0 Å². The highest BCUT2D eigenvalue weighted by Gasteiger charge is 2.23. The van der Waals surface area contributed by atoms with Gasteiger partial charge in [0.2, 0.25) is 0 Å². The fourth-order valence-corrected chi connectivity index (χ4v) is 3.43. The molecule has 1 aliphatic rings. The molecule has 0 spiro atoms. The predicted octanol–water partition coefficient (Wildman–Crippen LogP) is 1.06. The van der Waals surface area contributed by atoms with Gasteiger partial charge in [-0.25, -0.2) is 4.79 Å². The van der Waals surface area contributed by atoms with Crippen LogP contribution in [0.15, 0.2) is 42.5 Å². The number of amides is 3. The zero-order valence-electron chi connectivity index (χ0n) is 16.3. The zero-order valence-corrected chi connectivity index (χ0v) is 16.3. The fourth-order valence-electron chi connectivity index (χ4n) is 3.43. The third-order valence-corrected chi connectivity index (χ3v) is 4.98. The van der Waals surface area contributed by atoms with Crippen molar-refractivity contribution in [2.45, 2.75) is 13.8 Å². The van der Waals surface area contributed by atoms with Crippen LogP contribution in [-0.2, 0) is 4.79 Å². The standard InChI is InChI=1S/C21H26N4O3/c1-15-3-8-19(16(2)13-15)22-21(28)23-20(27)14-24-9-11-25(12-10-24)17-4-6-18(26)7-5-17/h3-8,13,26H,9-12,14H2,1-2H3,(H2,22,23,27,28)/p+1. The van der Waals surface area contributed by atoms with Crippen molar-refractivity contribution < 1.29 is 19.6 Å². The Hall–Kier alpha value is -3.06. The highest BCUT2D eigenvalue weighted by atomic mass is 16.3. The average molecular weight is 383 g/mol. The number of imide groups is 1. The van der Waals surface area contributed by atoms with Crippen LogP contribution in [0.5, 0.6) is 5.75 Å². The molecular formula is C21H27N4O3+. The molecule has 0 aliphatic carbocycles. The lowest BCUT2D eigenvalue weighted by Gasteiger charge is -2.33. The topological polar surface area (TPSA) is 86.1 Å². The van der Waals surface area contributed by atoms with E-state index in [0.717, 1.165) is 47.9 Å². The van der Waals surface area contributed by atoms with E-state index in [0.29, 0.717) is 5.69 Å². The van der Waals surface area contributed by atoms with Crippen LogP contribution in [0, 0.1) is 13.8 Å². The third-order valence-electron chi connectivity index (χ3n) is 4.98. The highest BCUT2D eigenvalue weighted by Crippen LogP contribution is 2.18. The fraction of sp³-hybridized carbons (Fsp3) is 0.333. The van der Waals surface area contributed by atoms with Gasteiger partial charge < -0.3 is 20.2 Å². The van der Waals surface area contributed by atoms with Crippen LogP contribution in [0.2, 0.25) is 0 Å². The van der Waals surface area contributed by atoms with E-state index in [1.54, 1.807) is 12.1 Å². The van der Waals surface area contributed by atoms with E-state index in [1.165, 1.54) is 0 Å². The van der Waals surface area contributed by atoms with Gasteiger partial charge in [0.05, 0.1) is 26.2 Å². The molecule has 2 aromatic rings. The monoisotopic (exact) mass is 383 g/mol. The van der Waals surface area contributed by atoms with Gasteiger partial charge in [-0.2, -0.15) is 0 Å². The number of nitrogens with zero attached hydrogens (tertiary/aromatic N) is 1. The quantitative estimate of drug-likeness (QED) is 0.636. The number of phenols is 1. The summed E-state index contributed by atoms with van der Waals surface area (Å²) >= 11 is 0. The summed E-state index contributed by atoms with van der Waals surface area (Å²) < 4.78 is 0. The first-order valence-corrected chi connectivity index (χ1v) is 9.46. The molecule has 2 aromatic carbocycles. The molecular weight excluding hydrogens is 356 g/mol. The smallest absolute Gasteiger partial charge is 0.326 e. The molecule has 148 valence electrons. The summed E-state index contributed by atoms with van der Waals surface area (Å²) in [6.07, 6.45) is 0. The SMILES string of the molecule is Cc1ccc(NC(=O)NC(=O)C[NH+]2CCN(c3ccc(O)cc3)CC2)c(C)c1. The Labute approximate surface area is 165 Å². The number of aromatic hydroxyl groups is 1. The Kier molecular flexibility index (Phi) is 6.16. The number of piperazine rings is 1. The molecule has 4 N–H and O–H groups in total. The van der Waals surface area contributed by atoms with E-state index in [9.17, 15) is 14.7 Å². The Balaban J connectivity index is 1.44. The summed E-state index contributed by atoms with van der Waals surface area (Å²) in [6, 6.07) is 12.4.